The van der Waals surface area contributed by atoms with Gasteiger partial charge in [-0.2, -0.15) is 26.9 Å². The van der Waals surface area contributed by atoms with Crippen LogP contribution in [-0.2, 0) is 4.74 Å². The Kier molecular flexibility index (Phi) is 6.30. The van der Waals surface area contributed by atoms with Crippen molar-refractivity contribution < 1.29 is 31.4 Å². The summed E-state index contributed by atoms with van der Waals surface area (Å²) in [4.78, 5) is 3.90. The minimum atomic E-state index is -5.81. The molecule has 6 nitrogen and oxygen atoms in total. The Morgan fingerprint density at radius 3 is 2.30 bits per heavy atom. The highest BCUT2D eigenvalue weighted by Gasteiger charge is 2.61. The van der Waals surface area contributed by atoms with E-state index in [1.807, 2.05) is 6.92 Å². The third-order valence-corrected chi connectivity index (χ3v) is 3.66. The van der Waals surface area contributed by atoms with Gasteiger partial charge in [0.05, 0.1) is 13.2 Å². The number of rotatable bonds is 5. The number of ether oxygens (including phenoxy) is 2. The zero-order valence-electron chi connectivity index (χ0n) is 14.0. The summed E-state index contributed by atoms with van der Waals surface area (Å²) >= 11 is 2.88. The Morgan fingerprint density at radius 2 is 1.85 bits per heavy atom. The predicted octanol–water partition coefficient (Wildman–Crippen LogP) is 3.94. The van der Waals surface area contributed by atoms with E-state index in [2.05, 4.69) is 36.3 Å². The lowest BCUT2D eigenvalue weighted by Crippen LogP contribution is -2.49. The van der Waals surface area contributed by atoms with Gasteiger partial charge in [-0.1, -0.05) is 6.92 Å². The number of halogens is 6. The summed E-state index contributed by atoms with van der Waals surface area (Å²) in [6.45, 7) is 3.63. The molecule has 0 unspecified atom stereocenters. The quantitative estimate of drug-likeness (QED) is 0.270. The van der Waals surface area contributed by atoms with E-state index in [1.165, 1.54) is 12.1 Å². The maximum absolute atomic E-state index is 12.9. The van der Waals surface area contributed by atoms with Gasteiger partial charge < -0.3 is 20.1 Å². The molecule has 0 aliphatic carbocycles. The van der Waals surface area contributed by atoms with E-state index in [0.717, 1.165) is 12.1 Å². The van der Waals surface area contributed by atoms with Crippen LogP contribution in [0.1, 0.15) is 6.92 Å². The van der Waals surface area contributed by atoms with E-state index in [1.54, 1.807) is 0 Å². The van der Waals surface area contributed by atoms with Gasteiger partial charge in [0.15, 0.2) is 4.74 Å². The van der Waals surface area contributed by atoms with Crippen molar-refractivity contribution in [1.29, 1.82) is 5.41 Å². The minimum absolute atomic E-state index is 0.0855. The summed E-state index contributed by atoms with van der Waals surface area (Å²) in [6.07, 6.45) is -11.1. The average molecular weight is 459 g/mol. The van der Waals surface area contributed by atoms with Crippen LogP contribution in [-0.4, -0.2) is 42.7 Å². The number of nitrogens with one attached hydrogen (secondary N) is 3. The SMILES string of the molecule is CC1(CN/C(=N/C(=N)Br)Nc2ccc(OC(F)(F)C(F)(F)F)cc2)COC1. The highest BCUT2D eigenvalue weighted by molar-refractivity contribution is 9.18. The molecule has 0 radical (unpaired) electrons. The second-order valence-corrected chi connectivity index (χ2v) is 6.93. The second-order valence-electron chi connectivity index (χ2n) is 6.17. The van der Waals surface area contributed by atoms with E-state index in [4.69, 9.17) is 10.1 Å². The van der Waals surface area contributed by atoms with Gasteiger partial charge in [-0.05, 0) is 40.2 Å². The number of nitrogens with zero attached hydrogens (tertiary/aromatic N) is 1. The van der Waals surface area contributed by atoms with Crippen LogP contribution in [0.2, 0.25) is 0 Å². The minimum Gasteiger partial charge on any atom is -0.426 e. The van der Waals surface area contributed by atoms with E-state index in [0.29, 0.717) is 25.4 Å². The van der Waals surface area contributed by atoms with Crippen LogP contribution in [0, 0.1) is 10.8 Å². The van der Waals surface area contributed by atoms with Gasteiger partial charge in [-0.25, -0.2) is 0 Å². The molecule has 12 heteroatoms. The first-order chi connectivity index (χ1) is 12.4. The van der Waals surface area contributed by atoms with E-state index < -0.39 is 18.0 Å². The molecule has 27 heavy (non-hydrogen) atoms. The van der Waals surface area contributed by atoms with Crippen molar-refractivity contribution in [3.8, 4) is 5.75 Å². The molecule has 1 saturated heterocycles. The van der Waals surface area contributed by atoms with Gasteiger partial charge in [-0.3, -0.25) is 5.41 Å². The summed E-state index contributed by atoms with van der Waals surface area (Å²) in [5.74, 6) is -0.457. The normalized spacial score (nSPS) is 17.1. The molecular formula is C15H16BrF5N4O2. The largest absolute Gasteiger partial charge is 0.499 e. The monoisotopic (exact) mass is 458 g/mol. The Hall–Kier alpha value is -1.95. The number of alkyl halides is 5. The molecular weight excluding hydrogens is 443 g/mol. The zero-order chi connectivity index (χ0) is 20.3. The lowest BCUT2D eigenvalue weighted by atomic mass is 9.89. The predicted molar refractivity (Wildman–Crippen MR) is 92.7 cm³/mol. The van der Waals surface area contributed by atoms with Gasteiger partial charge in [0.25, 0.3) is 0 Å². The van der Waals surface area contributed by atoms with Gasteiger partial charge in [-0.15, -0.1) is 0 Å². The zero-order valence-corrected chi connectivity index (χ0v) is 15.5. The Bertz CT molecular complexity index is 705. The number of hydrogen-bond acceptors (Lipinski definition) is 3. The summed E-state index contributed by atoms with van der Waals surface area (Å²) in [5, 5.41) is 13.2. The molecule has 1 aromatic rings. The van der Waals surface area contributed by atoms with Crippen molar-refractivity contribution in [2.24, 2.45) is 10.4 Å². The van der Waals surface area contributed by atoms with E-state index in [-0.39, 0.29) is 16.1 Å². The fraction of sp³-hybridized carbons (Fsp3) is 0.467. The van der Waals surface area contributed by atoms with E-state index in [9.17, 15) is 22.0 Å². The van der Waals surface area contributed by atoms with E-state index >= 15 is 0 Å². The number of hydrogen-bond donors (Lipinski definition) is 3. The third-order valence-electron chi connectivity index (χ3n) is 3.49. The molecule has 0 bridgehead atoms. The molecule has 0 amide bonds. The molecule has 1 fully saturated rings. The lowest BCUT2D eigenvalue weighted by Gasteiger charge is -2.38. The maximum atomic E-state index is 12.9. The first kappa shape index (κ1) is 21.4. The maximum Gasteiger partial charge on any atom is 0.499 e. The summed E-state index contributed by atoms with van der Waals surface area (Å²) < 4.78 is 71.0. The van der Waals surface area contributed by atoms with Gasteiger partial charge >= 0.3 is 12.3 Å². The van der Waals surface area contributed by atoms with Gasteiger partial charge in [0, 0.05) is 17.6 Å². The van der Waals surface area contributed by atoms with Crippen molar-refractivity contribution >= 4 is 32.3 Å². The highest BCUT2D eigenvalue weighted by Crippen LogP contribution is 2.37. The van der Waals surface area contributed by atoms with Crippen molar-refractivity contribution in [2.45, 2.75) is 19.2 Å². The van der Waals surface area contributed by atoms with Crippen LogP contribution in [0.3, 0.4) is 0 Å². The Morgan fingerprint density at radius 1 is 1.26 bits per heavy atom. The van der Waals surface area contributed by atoms with Crippen LogP contribution in [0.15, 0.2) is 29.3 Å². The third kappa shape index (κ3) is 6.03. The first-order valence-electron chi connectivity index (χ1n) is 7.55. The molecule has 0 aromatic heterocycles. The molecule has 2 rings (SSSR count). The molecule has 1 aliphatic rings. The highest BCUT2D eigenvalue weighted by atomic mass is 79.9. The van der Waals surface area contributed by atoms with Crippen LogP contribution in [0.25, 0.3) is 0 Å². The molecule has 0 spiro atoms. The van der Waals surface area contributed by atoms with Crippen LogP contribution < -0.4 is 15.4 Å². The Balaban J connectivity index is 2.02. The smallest absolute Gasteiger partial charge is 0.426 e. The van der Waals surface area contributed by atoms with Crippen molar-refractivity contribution in [3.05, 3.63) is 24.3 Å². The van der Waals surface area contributed by atoms with Crippen LogP contribution in [0.5, 0.6) is 5.75 Å². The summed E-state index contributed by atoms with van der Waals surface area (Å²) in [5.41, 5.74) is 0.255. The number of benzene rings is 1. The van der Waals surface area contributed by atoms with Gasteiger partial charge in [0.2, 0.25) is 5.96 Å². The molecule has 1 aromatic carbocycles. The lowest BCUT2D eigenvalue weighted by molar-refractivity contribution is -0.360. The first-order valence-corrected chi connectivity index (χ1v) is 8.35. The number of amidine groups is 1. The van der Waals surface area contributed by atoms with Crippen LogP contribution >= 0.6 is 15.9 Å². The van der Waals surface area contributed by atoms with Gasteiger partial charge in [0.1, 0.15) is 5.75 Å². The fourth-order valence-electron chi connectivity index (χ4n) is 2.01. The fourth-order valence-corrected chi connectivity index (χ4v) is 2.19. The summed E-state index contributed by atoms with van der Waals surface area (Å²) in [7, 11) is 0. The van der Waals surface area contributed by atoms with Crippen molar-refractivity contribution in [1.82, 2.24) is 5.32 Å². The molecule has 0 atom stereocenters. The van der Waals surface area contributed by atoms with Crippen molar-refractivity contribution in [2.75, 3.05) is 25.1 Å². The molecule has 150 valence electrons. The second kappa shape index (κ2) is 7.97. The number of anilines is 1. The van der Waals surface area contributed by atoms with Crippen molar-refractivity contribution in [3.63, 3.8) is 0 Å². The molecule has 0 saturated carbocycles. The summed E-state index contributed by atoms with van der Waals surface area (Å²) in [6, 6.07) is 4.40. The number of guanidine groups is 1. The molecule has 1 heterocycles. The molecule has 1 aliphatic heterocycles. The Labute approximate surface area is 159 Å². The standard InChI is InChI=1S/C15H16BrF5N4O2/c1-13(7-26-8-13)6-23-12(25-11(16)22)24-9-2-4-10(5-3-9)27-15(20,21)14(17,18)19/h2-5H,6-8H2,1H3,(H3,22,23,24,25). The average Bonchev–Trinajstić information content (AvgIpc) is 2.51. The number of aliphatic imine (C=N–C) groups is 1. The topological polar surface area (TPSA) is 78.7 Å². The molecule has 3 N–H and O–H groups in total. The van der Waals surface area contributed by atoms with Crippen LogP contribution in [0.4, 0.5) is 27.6 Å².